The van der Waals surface area contributed by atoms with Crippen molar-refractivity contribution in [3.05, 3.63) is 45.7 Å². The van der Waals surface area contributed by atoms with Gasteiger partial charge >= 0.3 is 0 Å². The summed E-state index contributed by atoms with van der Waals surface area (Å²) >= 11 is 3.55. The van der Waals surface area contributed by atoms with Gasteiger partial charge in [0, 0.05) is 22.0 Å². The van der Waals surface area contributed by atoms with Gasteiger partial charge in [-0.1, -0.05) is 54.9 Å². The van der Waals surface area contributed by atoms with Gasteiger partial charge in [-0.25, -0.2) is 9.97 Å². The minimum absolute atomic E-state index is 0.133. The number of nitrogens with two attached hydrogens (primary N) is 1. The third kappa shape index (κ3) is 3.73. The zero-order valence-corrected chi connectivity index (χ0v) is 14.5. The summed E-state index contributed by atoms with van der Waals surface area (Å²) in [6.07, 6.45) is 0. The molecule has 2 rings (SSSR count). The molecule has 0 aliphatic rings. The van der Waals surface area contributed by atoms with E-state index in [1.807, 2.05) is 25.1 Å². The van der Waals surface area contributed by atoms with Gasteiger partial charge in [-0.3, -0.25) is 0 Å². The molecule has 0 atom stereocenters. The van der Waals surface area contributed by atoms with E-state index in [4.69, 9.17) is 5.73 Å². The first-order chi connectivity index (χ1) is 9.79. The zero-order valence-electron chi connectivity index (χ0n) is 12.9. The smallest absolute Gasteiger partial charge is 0.138 e. The average molecular weight is 349 g/mol. The van der Waals surface area contributed by atoms with Crippen molar-refractivity contribution in [2.24, 2.45) is 0 Å². The Balaban J connectivity index is 2.28. The number of rotatable bonds is 3. The van der Waals surface area contributed by atoms with Gasteiger partial charge in [0.05, 0.1) is 0 Å². The van der Waals surface area contributed by atoms with Crippen molar-refractivity contribution in [2.75, 3.05) is 11.1 Å². The number of nitrogen functional groups attached to an aromatic ring is 1. The second kappa shape index (κ2) is 6.02. The first-order valence-corrected chi connectivity index (χ1v) is 7.70. The predicted octanol–water partition coefficient (Wildman–Crippen LogP) is 4.04. The van der Waals surface area contributed by atoms with E-state index >= 15 is 0 Å². The van der Waals surface area contributed by atoms with Crippen LogP contribution in [-0.2, 0) is 12.0 Å². The summed E-state index contributed by atoms with van der Waals surface area (Å²) in [5.74, 6) is 2.08. The highest BCUT2D eigenvalue weighted by Gasteiger charge is 2.20. The first-order valence-electron chi connectivity index (χ1n) is 6.91. The van der Waals surface area contributed by atoms with Gasteiger partial charge in [-0.05, 0) is 18.6 Å². The fourth-order valence-corrected chi connectivity index (χ4v) is 2.29. The van der Waals surface area contributed by atoms with Crippen molar-refractivity contribution in [3.63, 3.8) is 0 Å². The highest BCUT2D eigenvalue weighted by atomic mass is 79.9. The number of benzene rings is 1. The molecule has 0 radical (unpaired) electrons. The number of anilines is 2. The van der Waals surface area contributed by atoms with Crippen LogP contribution in [0, 0.1) is 6.92 Å². The lowest BCUT2D eigenvalue weighted by atomic mass is 9.95. The second-order valence-electron chi connectivity index (χ2n) is 6.10. The summed E-state index contributed by atoms with van der Waals surface area (Å²) in [5, 5.41) is 3.36. The number of aromatic nitrogens is 2. The Morgan fingerprint density at radius 1 is 1.19 bits per heavy atom. The third-order valence-corrected chi connectivity index (χ3v) is 4.03. The van der Waals surface area contributed by atoms with Gasteiger partial charge < -0.3 is 11.1 Å². The molecule has 5 heteroatoms. The lowest BCUT2D eigenvalue weighted by molar-refractivity contribution is 0.546. The molecule has 1 heterocycles. The third-order valence-electron chi connectivity index (χ3n) is 3.26. The summed E-state index contributed by atoms with van der Waals surface area (Å²) in [4.78, 5) is 9.03. The molecule has 0 unspecified atom stereocenters. The van der Waals surface area contributed by atoms with Crippen LogP contribution in [0.2, 0.25) is 0 Å². The van der Waals surface area contributed by atoms with E-state index in [1.165, 1.54) is 5.56 Å². The summed E-state index contributed by atoms with van der Waals surface area (Å²) in [6.45, 7) is 8.85. The van der Waals surface area contributed by atoms with Gasteiger partial charge in [0.25, 0.3) is 0 Å². The molecular weight excluding hydrogens is 328 g/mol. The van der Waals surface area contributed by atoms with Crippen LogP contribution in [0.25, 0.3) is 0 Å². The molecule has 0 spiro atoms. The highest BCUT2D eigenvalue weighted by molar-refractivity contribution is 9.10. The van der Waals surface area contributed by atoms with E-state index in [-0.39, 0.29) is 5.41 Å². The molecule has 0 bridgehead atoms. The van der Waals surface area contributed by atoms with Crippen molar-refractivity contribution >= 4 is 27.6 Å². The fraction of sp³-hybridized carbons (Fsp3) is 0.375. The van der Waals surface area contributed by atoms with Crippen molar-refractivity contribution < 1.29 is 0 Å². The maximum absolute atomic E-state index is 6.02. The van der Waals surface area contributed by atoms with Crippen molar-refractivity contribution in [1.82, 2.24) is 9.97 Å². The maximum Gasteiger partial charge on any atom is 0.138 e. The largest absolute Gasteiger partial charge is 0.383 e. The monoisotopic (exact) mass is 348 g/mol. The molecule has 21 heavy (non-hydrogen) atoms. The molecule has 4 nitrogen and oxygen atoms in total. The molecule has 2 aromatic rings. The van der Waals surface area contributed by atoms with Gasteiger partial charge in [-0.15, -0.1) is 0 Å². The van der Waals surface area contributed by atoms with Crippen molar-refractivity contribution in [3.8, 4) is 0 Å². The van der Waals surface area contributed by atoms with Gasteiger partial charge in [0.2, 0.25) is 0 Å². The van der Waals surface area contributed by atoms with Crippen molar-refractivity contribution in [1.29, 1.82) is 0 Å². The van der Waals surface area contributed by atoms with Crippen LogP contribution in [0.1, 0.15) is 37.7 Å². The van der Waals surface area contributed by atoms with E-state index in [1.54, 1.807) is 0 Å². The Morgan fingerprint density at radius 2 is 1.86 bits per heavy atom. The van der Waals surface area contributed by atoms with E-state index in [0.717, 1.165) is 21.7 Å². The predicted molar refractivity (Wildman–Crippen MR) is 91.4 cm³/mol. The summed E-state index contributed by atoms with van der Waals surface area (Å²) in [5.41, 5.74) is 7.94. The van der Waals surface area contributed by atoms with Crippen LogP contribution in [0.5, 0.6) is 0 Å². The van der Waals surface area contributed by atoms with E-state index in [9.17, 15) is 0 Å². The molecule has 1 aromatic carbocycles. The quantitative estimate of drug-likeness (QED) is 0.878. The lowest BCUT2D eigenvalue weighted by Gasteiger charge is -2.20. The molecular formula is C16H21BrN4. The van der Waals surface area contributed by atoms with Crippen LogP contribution in [0.4, 0.5) is 11.6 Å². The molecule has 0 aliphatic carbocycles. The van der Waals surface area contributed by atoms with Crippen molar-refractivity contribution in [2.45, 2.75) is 39.7 Å². The van der Waals surface area contributed by atoms with Crippen LogP contribution in [0.15, 0.2) is 28.7 Å². The minimum atomic E-state index is -0.133. The fourth-order valence-electron chi connectivity index (χ4n) is 1.86. The van der Waals surface area contributed by atoms with E-state index in [0.29, 0.717) is 12.4 Å². The number of hydrogen-bond acceptors (Lipinski definition) is 4. The zero-order chi connectivity index (χ0) is 15.6. The molecule has 3 N–H and O–H groups in total. The maximum atomic E-state index is 6.02. The Morgan fingerprint density at radius 3 is 2.48 bits per heavy atom. The Bertz CT molecular complexity index is 647. The van der Waals surface area contributed by atoms with Crippen LogP contribution in [0.3, 0.4) is 0 Å². The molecule has 112 valence electrons. The number of nitrogens with one attached hydrogen (secondary N) is 1. The molecule has 0 saturated carbocycles. The van der Waals surface area contributed by atoms with Crippen LogP contribution in [-0.4, -0.2) is 9.97 Å². The van der Waals surface area contributed by atoms with E-state index in [2.05, 4.69) is 58.1 Å². The molecule has 0 saturated heterocycles. The molecule has 0 amide bonds. The highest BCUT2D eigenvalue weighted by Crippen LogP contribution is 2.25. The van der Waals surface area contributed by atoms with Gasteiger partial charge in [0.15, 0.2) is 0 Å². The number of nitrogens with zero attached hydrogens (tertiary/aromatic N) is 2. The number of hydrogen-bond donors (Lipinski definition) is 2. The first kappa shape index (κ1) is 15.8. The molecule has 1 aromatic heterocycles. The Hall–Kier alpha value is -1.62. The molecule has 0 aliphatic heterocycles. The normalized spacial score (nSPS) is 11.5. The van der Waals surface area contributed by atoms with E-state index < -0.39 is 0 Å². The SMILES string of the molecule is Cc1c(N)nc(C(C)(C)C)nc1NCc1ccccc1Br. The molecule has 0 fully saturated rings. The summed E-state index contributed by atoms with van der Waals surface area (Å²) in [7, 11) is 0. The van der Waals surface area contributed by atoms with Crippen LogP contribution < -0.4 is 11.1 Å². The number of halogens is 1. The van der Waals surface area contributed by atoms with Gasteiger partial charge in [0.1, 0.15) is 17.5 Å². The van der Waals surface area contributed by atoms with Gasteiger partial charge in [-0.2, -0.15) is 0 Å². The lowest BCUT2D eigenvalue weighted by Crippen LogP contribution is -2.19. The van der Waals surface area contributed by atoms with Crippen LogP contribution >= 0.6 is 15.9 Å². The average Bonchev–Trinajstić information content (AvgIpc) is 2.40. The topological polar surface area (TPSA) is 63.8 Å². The summed E-state index contributed by atoms with van der Waals surface area (Å²) in [6, 6.07) is 8.11. The second-order valence-corrected chi connectivity index (χ2v) is 6.96. The Kier molecular flexibility index (Phi) is 4.52. The Labute approximate surface area is 134 Å². The summed E-state index contributed by atoms with van der Waals surface area (Å²) < 4.78 is 1.08. The minimum Gasteiger partial charge on any atom is -0.383 e. The standard InChI is InChI=1S/C16H21BrN4/c1-10-13(18)20-15(16(2,3)4)21-14(10)19-9-11-7-5-6-8-12(11)17/h5-8H,9H2,1-4H3,(H3,18,19,20,21).